The third-order valence-electron chi connectivity index (χ3n) is 4.48. The Hall–Kier alpha value is -2.85. The Bertz CT molecular complexity index is 1050. The zero-order valence-corrected chi connectivity index (χ0v) is 17.1. The highest BCUT2D eigenvalue weighted by molar-refractivity contribution is 7.92. The van der Waals surface area contributed by atoms with Gasteiger partial charge < -0.3 is 9.80 Å². The molecule has 11 heteroatoms. The Morgan fingerprint density at radius 2 is 1.83 bits per heavy atom. The summed E-state index contributed by atoms with van der Waals surface area (Å²) in [6.45, 7) is 1.90. The predicted octanol–water partition coefficient (Wildman–Crippen LogP) is 2.58. The molecule has 9 nitrogen and oxygen atoms in total. The normalized spacial score (nSPS) is 14.6. The molecule has 29 heavy (non-hydrogen) atoms. The van der Waals surface area contributed by atoms with Gasteiger partial charge in [-0.15, -0.1) is 0 Å². The number of carbonyl (C=O) groups excluding carboxylic acids is 1. The quantitative estimate of drug-likeness (QED) is 0.567. The molecular weight excluding hydrogens is 420 g/mol. The number of hydrogen-bond acceptors (Lipinski definition) is 6. The van der Waals surface area contributed by atoms with E-state index in [9.17, 15) is 23.3 Å². The van der Waals surface area contributed by atoms with Crippen LogP contribution in [0.25, 0.3) is 0 Å². The topological polar surface area (TPSA) is 113 Å². The van der Waals surface area contributed by atoms with Gasteiger partial charge in [-0.1, -0.05) is 17.7 Å². The number of halogens is 1. The van der Waals surface area contributed by atoms with Crippen molar-refractivity contribution >= 4 is 44.6 Å². The predicted molar refractivity (Wildman–Crippen MR) is 111 cm³/mol. The average molecular weight is 439 g/mol. The Morgan fingerprint density at radius 1 is 1.14 bits per heavy atom. The van der Waals surface area contributed by atoms with E-state index in [1.54, 1.807) is 23.1 Å². The fraction of sp³-hybridized carbons (Fsp3) is 0.278. The van der Waals surface area contributed by atoms with Crippen molar-refractivity contribution in [3.8, 4) is 0 Å². The van der Waals surface area contributed by atoms with Crippen molar-refractivity contribution in [2.45, 2.75) is 0 Å². The van der Waals surface area contributed by atoms with E-state index in [1.165, 1.54) is 24.3 Å². The van der Waals surface area contributed by atoms with Crippen LogP contribution < -0.4 is 9.62 Å². The number of benzene rings is 2. The SMILES string of the molecule is CS(=O)(=O)Nc1cc(C(=O)N2CCN(c3cccc([N+](=O)[O-])c3)CC2)ccc1Cl. The lowest BCUT2D eigenvalue weighted by Crippen LogP contribution is -2.48. The molecule has 2 aromatic rings. The van der Waals surface area contributed by atoms with E-state index in [2.05, 4.69) is 4.72 Å². The maximum absolute atomic E-state index is 12.8. The molecule has 1 fully saturated rings. The van der Waals surface area contributed by atoms with Crippen LogP contribution in [0.4, 0.5) is 17.1 Å². The lowest BCUT2D eigenvalue weighted by Gasteiger charge is -2.36. The van der Waals surface area contributed by atoms with Crippen LogP contribution in [0.15, 0.2) is 42.5 Å². The molecule has 0 spiro atoms. The van der Waals surface area contributed by atoms with Gasteiger partial charge in [-0.25, -0.2) is 8.42 Å². The second kappa shape index (κ2) is 8.26. The summed E-state index contributed by atoms with van der Waals surface area (Å²) in [7, 11) is -3.53. The number of nitro benzene ring substituents is 1. The minimum atomic E-state index is -3.53. The van der Waals surface area contributed by atoms with Crippen molar-refractivity contribution in [1.29, 1.82) is 0 Å². The fourth-order valence-electron chi connectivity index (χ4n) is 3.09. The van der Waals surface area contributed by atoms with Gasteiger partial charge in [0.05, 0.1) is 21.9 Å². The zero-order valence-electron chi connectivity index (χ0n) is 15.5. The van der Waals surface area contributed by atoms with Crippen LogP contribution in [0.5, 0.6) is 0 Å². The van der Waals surface area contributed by atoms with Crippen molar-refractivity contribution in [2.24, 2.45) is 0 Å². The number of non-ortho nitro benzene ring substituents is 1. The van der Waals surface area contributed by atoms with Crippen LogP contribution in [-0.4, -0.2) is 56.6 Å². The number of nitrogens with one attached hydrogen (secondary N) is 1. The zero-order chi connectivity index (χ0) is 21.2. The molecule has 0 aliphatic carbocycles. The molecule has 1 aliphatic heterocycles. The van der Waals surface area contributed by atoms with Gasteiger partial charge in [-0.2, -0.15) is 0 Å². The summed E-state index contributed by atoms with van der Waals surface area (Å²) in [6, 6.07) is 10.8. The van der Waals surface area contributed by atoms with E-state index in [0.29, 0.717) is 31.7 Å². The van der Waals surface area contributed by atoms with Crippen LogP contribution >= 0.6 is 11.6 Å². The minimum absolute atomic E-state index is 0.0214. The summed E-state index contributed by atoms with van der Waals surface area (Å²) in [5, 5.41) is 11.2. The fourth-order valence-corrected chi connectivity index (χ4v) is 3.88. The van der Waals surface area contributed by atoms with Gasteiger partial charge in [0, 0.05) is 49.6 Å². The first-order valence-corrected chi connectivity index (χ1v) is 11.0. The maximum Gasteiger partial charge on any atom is 0.271 e. The van der Waals surface area contributed by atoms with Gasteiger partial charge in [0.1, 0.15) is 0 Å². The Kier molecular flexibility index (Phi) is 5.94. The smallest absolute Gasteiger partial charge is 0.271 e. The molecule has 154 valence electrons. The largest absolute Gasteiger partial charge is 0.368 e. The molecule has 0 aromatic heterocycles. The van der Waals surface area contributed by atoms with Crippen molar-refractivity contribution in [3.63, 3.8) is 0 Å². The molecule has 1 amide bonds. The first-order chi connectivity index (χ1) is 13.6. The number of sulfonamides is 1. The minimum Gasteiger partial charge on any atom is -0.368 e. The van der Waals surface area contributed by atoms with Gasteiger partial charge in [-0.3, -0.25) is 19.6 Å². The summed E-state index contributed by atoms with van der Waals surface area (Å²) >= 11 is 6.01. The third kappa shape index (κ3) is 5.15. The molecule has 0 saturated carbocycles. The highest BCUT2D eigenvalue weighted by atomic mass is 35.5. The van der Waals surface area contributed by atoms with E-state index in [1.807, 2.05) is 4.90 Å². The van der Waals surface area contributed by atoms with Crippen LogP contribution in [0.3, 0.4) is 0 Å². The Labute approximate surface area is 173 Å². The summed E-state index contributed by atoms with van der Waals surface area (Å²) in [4.78, 5) is 27.0. The van der Waals surface area contributed by atoms with E-state index in [4.69, 9.17) is 11.6 Å². The number of carbonyl (C=O) groups is 1. The molecule has 0 bridgehead atoms. The van der Waals surface area contributed by atoms with Crippen molar-refractivity contribution in [3.05, 3.63) is 63.2 Å². The maximum atomic E-state index is 12.8. The van der Waals surface area contributed by atoms with Crippen LogP contribution in [0, 0.1) is 10.1 Å². The van der Waals surface area contributed by atoms with Crippen LogP contribution in [0.2, 0.25) is 5.02 Å². The van der Waals surface area contributed by atoms with Gasteiger partial charge >= 0.3 is 0 Å². The summed E-state index contributed by atoms with van der Waals surface area (Å²) in [6.07, 6.45) is 1.00. The molecule has 1 aliphatic rings. The second-order valence-corrected chi connectivity index (χ2v) is 8.78. The monoisotopic (exact) mass is 438 g/mol. The van der Waals surface area contributed by atoms with Gasteiger partial charge in [0.25, 0.3) is 11.6 Å². The summed E-state index contributed by atoms with van der Waals surface area (Å²) in [5.74, 6) is -0.239. The summed E-state index contributed by atoms with van der Waals surface area (Å²) in [5.41, 5.74) is 1.23. The van der Waals surface area contributed by atoms with E-state index in [0.717, 1.165) is 11.9 Å². The van der Waals surface area contributed by atoms with E-state index < -0.39 is 14.9 Å². The summed E-state index contributed by atoms with van der Waals surface area (Å²) < 4.78 is 25.2. The standard InChI is InChI=1S/C18H19ClN4O5S/c1-29(27,28)20-17-11-13(5-6-16(17)19)18(24)22-9-7-21(8-10-22)14-3-2-4-15(12-14)23(25)26/h2-6,11-12,20H,7-10H2,1H3. The van der Waals surface area contributed by atoms with Gasteiger partial charge in [-0.05, 0) is 24.3 Å². The highest BCUT2D eigenvalue weighted by Gasteiger charge is 2.24. The van der Waals surface area contributed by atoms with Gasteiger partial charge in [0.15, 0.2) is 0 Å². The molecule has 1 N–H and O–H groups in total. The Morgan fingerprint density at radius 3 is 2.45 bits per heavy atom. The molecule has 1 heterocycles. The number of nitro groups is 1. The molecule has 0 atom stereocenters. The molecule has 3 rings (SSSR count). The number of nitrogens with zero attached hydrogens (tertiary/aromatic N) is 3. The van der Waals surface area contributed by atoms with Gasteiger partial charge in [0.2, 0.25) is 10.0 Å². The number of rotatable bonds is 5. The van der Waals surface area contributed by atoms with Crippen molar-refractivity contribution < 1.29 is 18.1 Å². The van der Waals surface area contributed by atoms with E-state index in [-0.39, 0.29) is 22.3 Å². The lowest BCUT2D eigenvalue weighted by atomic mass is 10.1. The highest BCUT2D eigenvalue weighted by Crippen LogP contribution is 2.26. The molecule has 1 saturated heterocycles. The lowest BCUT2D eigenvalue weighted by molar-refractivity contribution is -0.384. The number of piperazine rings is 1. The van der Waals surface area contributed by atoms with E-state index >= 15 is 0 Å². The molecule has 0 unspecified atom stereocenters. The first kappa shape index (κ1) is 20.9. The van der Waals surface area contributed by atoms with Crippen molar-refractivity contribution in [2.75, 3.05) is 42.1 Å². The molecular formula is C18H19ClN4O5S. The van der Waals surface area contributed by atoms with Crippen LogP contribution in [0.1, 0.15) is 10.4 Å². The van der Waals surface area contributed by atoms with Crippen LogP contribution in [-0.2, 0) is 10.0 Å². The van der Waals surface area contributed by atoms with Crippen molar-refractivity contribution in [1.82, 2.24) is 4.90 Å². The molecule has 2 aromatic carbocycles. The Balaban J connectivity index is 1.70. The second-order valence-electron chi connectivity index (χ2n) is 6.63. The number of hydrogen-bond donors (Lipinski definition) is 1. The molecule has 0 radical (unpaired) electrons. The number of amides is 1. The third-order valence-corrected chi connectivity index (χ3v) is 5.40. The number of anilines is 2. The average Bonchev–Trinajstić information content (AvgIpc) is 2.68. The first-order valence-electron chi connectivity index (χ1n) is 8.70.